The molecule has 20 heavy (non-hydrogen) atoms. The van der Waals surface area contributed by atoms with Crippen LogP contribution < -0.4 is 0 Å². The second-order valence-corrected chi connectivity index (χ2v) is 5.01. The van der Waals surface area contributed by atoms with Gasteiger partial charge >= 0.3 is 5.97 Å². The van der Waals surface area contributed by atoms with Gasteiger partial charge in [-0.3, -0.25) is 14.5 Å². The van der Waals surface area contributed by atoms with Crippen LogP contribution in [-0.4, -0.2) is 59.5 Å². The average molecular weight is 276 g/mol. The van der Waals surface area contributed by atoms with Crippen molar-refractivity contribution in [2.75, 3.05) is 32.7 Å². The molecule has 1 aliphatic heterocycles. The lowest BCUT2D eigenvalue weighted by molar-refractivity contribution is -0.138. The monoisotopic (exact) mass is 276 g/mol. The summed E-state index contributed by atoms with van der Waals surface area (Å²) in [6.07, 6.45) is 0.961. The molecule has 0 unspecified atom stereocenters. The molecule has 0 saturated carbocycles. The number of carboxylic acids is 1. The van der Waals surface area contributed by atoms with Gasteiger partial charge in [0.15, 0.2) is 0 Å². The van der Waals surface area contributed by atoms with Gasteiger partial charge in [-0.15, -0.1) is 0 Å². The number of carbonyl (C=O) groups excluding carboxylic acids is 1. The van der Waals surface area contributed by atoms with Crippen LogP contribution >= 0.6 is 0 Å². The molecule has 1 amide bonds. The molecular weight excluding hydrogens is 256 g/mol. The summed E-state index contributed by atoms with van der Waals surface area (Å²) < 4.78 is 0. The van der Waals surface area contributed by atoms with Crippen molar-refractivity contribution in [3.63, 3.8) is 0 Å². The van der Waals surface area contributed by atoms with E-state index in [0.29, 0.717) is 31.7 Å². The summed E-state index contributed by atoms with van der Waals surface area (Å²) in [4.78, 5) is 26.6. The molecule has 1 saturated heterocycles. The van der Waals surface area contributed by atoms with Crippen molar-refractivity contribution in [1.82, 2.24) is 9.80 Å². The number of carbonyl (C=O) groups is 2. The predicted molar refractivity (Wildman–Crippen MR) is 75.8 cm³/mol. The van der Waals surface area contributed by atoms with Crippen molar-refractivity contribution < 1.29 is 14.7 Å². The molecule has 1 aromatic rings. The van der Waals surface area contributed by atoms with Crippen LogP contribution in [0.15, 0.2) is 24.3 Å². The van der Waals surface area contributed by atoms with Crippen LogP contribution in [-0.2, 0) is 11.2 Å². The third kappa shape index (κ3) is 3.57. The van der Waals surface area contributed by atoms with E-state index in [4.69, 9.17) is 5.11 Å². The maximum Gasteiger partial charge on any atom is 0.317 e. The van der Waals surface area contributed by atoms with Gasteiger partial charge in [0.1, 0.15) is 0 Å². The molecule has 0 radical (unpaired) electrons. The van der Waals surface area contributed by atoms with Crippen molar-refractivity contribution >= 4 is 11.9 Å². The summed E-state index contributed by atoms with van der Waals surface area (Å²) in [6, 6.07) is 7.69. The average Bonchev–Trinajstić information content (AvgIpc) is 2.47. The summed E-state index contributed by atoms with van der Waals surface area (Å²) >= 11 is 0. The number of piperazine rings is 1. The van der Waals surface area contributed by atoms with E-state index in [1.165, 1.54) is 5.56 Å². The molecule has 0 atom stereocenters. The van der Waals surface area contributed by atoms with E-state index in [1.54, 1.807) is 4.90 Å². The lowest BCUT2D eigenvalue weighted by Crippen LogP contribution is -2.49. The van der Waals surface area contributed by atoms with E-state index < -0.39 is 5.97 Å². The summed E-state index contributed by atoms with van der Waals surface area (Å²) in [5.74, 6) is -0.789. The first kappa shape index (κ1) is 14.5. The summed E-state index contributed by atoms with van der Waals surface area (Å²) in [5, 5.41) is 8.75. The molecule has 0 aromatic heterocycles. The highest BCUT2D eigenvalue weighted by Crippen LogP contribution is 2.10. The van der Waals surface area contributed by atoms with E-state index in [1.807, 2.05) is 29.2 Å². The molecule has 1 fully saturated rings. The van der Waals surface area contributed by atoms with Crippen molar-refractivity contribution in [3.05, 3.63) is 35.4 Å². The lowest BCUT2D eigenvalue weighted by Gasteiger charge is -2.33. The van der Waals surface area contributed by atoms with Gasteiger partial charge in [0.25, 0.3) is 5.91 Å². The number of nitrogens with zero attached hydrogens (tertiary/aromatic N) is 2. The summed E-state index contributed by atoms with van der Waals surface area (Å²) in [5.41, 5.74) is 1.92. The number of amides is 1. The van der Waals surface area contributed by atoms with E-state index in [0.717, 1.165) is 6.42 Å². The van der Waals surface area contributed by atoms with Crippen LogP contribution in [0, 0.1) is 0 Å². The highest BCUT2D eigenvalue weighted by molar-refractivity contribution is 5.94. The fourth-order valence-corrected chi connectivity index (χ4v) is 2.37. The number of benzene rings is 1. The number of hydrogen-bond acceptors (Lipinski definition) is 3. The minimum absolute atomic E-state index is 0.0302. The molecule has 1 heterocycles. The largest absolute Gasteiger partial charge is 0.480 e. The minimum atomic E-state index is -0.820. The van der Waals surface area contributed by atoms with Crippen LogP contribution in [0.25, 0.3) is 0 Å². The SMILES string of the molecule is CCc1ccc(C(=O)N2CCN(CC(=O)O)CC2)cc1. The lowest BCUT2D eigenvalue weighted by atomic mass is 10.1. The van der Waals surface area contributed by atoms with Crippen molar-refractivity contribution in [2.45, 2.75) is 13.3 Å². The molecule has 1 aliphatic rings. The summed E-state index contributed by atoms with van der Waals surface area (Å²) in [6.45, 7) is 4.53. The smallest absolute Gasteiger partial charge is 0.317 e. The molecule has 0 aliphatic carbocycles. The van der Waals surface area contributed by atoms with Crippen LogP contribution in [0.4, 0.5) is 0 Å². The first-order valence-electron chi connectivity index (χ1n) is 6.92. The number of hydrogen-bond donors (Lipinski definition) is 1. The third-order valence-electron chi connectivity index (χ3n) is 3.63. The van der Waals surface area contributed by atoms with Crippen LogP contribution in [0.3, 0.4) is 0 Å². The van der Waals surface area contributed by atoms with Gasteiger partial charge in [0.05, 0.1) is 6.54 Å². The standard InChI is InChI=1S/C15H20N2O3/c1-2-12-3-5-13(6-4-12)15(20)17-9-7-16(8-10-17)11-14(18)19/h3-6H,2,7-11H2,1H3,(H,18,19). The number of aryl methyl sites for hydroxylation is 1. The molecule has 2 rings (SSSR count). The van der Waals surface area contributed by atoms with Gasteiger partial charge in [-0.2, -0.15) is 0 Å². The highest BCUT2D eigenvalue weighted by atomic mass is 16.4. The second kappa shape index (κ2) is 6.52. The Morgan fingerprint density at radius 2 is 1.70 bits per heavy atom. The molecule has 5 heteroatoms. The van der Waals surface area contributed by atoms with Crippen LogP contribution in [0.5, 0.6) is 0 Å². The Kier molecular flexibility index (Phi) is 4.74. The maximum absolute atomic E-state index is 12.3. The van der Waals surface area contributed by atoms with E-state index in [9.17, 15) is 9.59 Å². The minimum Gasteiger partial charge on any atom is -0.480 e. The van der Waals surface area contributed by atoms with Gasteiger partial charge < -0.3 is 10.0 Å². The third-order valence-corrected chi connectivity index (χ3v) is 3.63. The Balaban J connectivity index is 1.92. The van der Waals surface area contributed by atoms with E-state index in [2.05, 4.69) is 6.92 Å². The van der Waals surface area contributed by atoms with E-state index >= 15 is 0 Å². The Bertz CT molecular complexity index is 476. The molecule has 1 aromatic carbocycles. The number of carboxylic acid groups (broad SMARTS) is 1. The quantitative estimate of drug-likeness (QED) is 0.894. The highest BCUT2D eigenvalue weighted by Gasteiger charge is 2.22. The Morgan fingerprint density at radius 3 is 2.20 bits per heavy atom. The molecule has 108 valence electrons. The van der Waals surface area contributed by atoms with Gasteiger partial charge in [0.2, 0.25) is 0 Å². The second-order valence-electron chi connectivity index (χ2n) is 5.01. The molecule has 0 bridgehead atoms. The van der Waals surface area contributed by atoms with Crippen molar-refractivity contribution in [1.29, 1.82) is 0 Å². The number of aliphatic carboxylic acids is 1. The van der Waals surface area contributed by atoms with E-state index in [-0.39, 0.29) is 12.5 Å². The Morgan fingerprint density at radius 1 is 1.10 bits per heavy atom. The maximum atomic E-state index is 12.3. The Labute approximate surface area is 118 Å². The topological polar surface area (TPSA) is 60.9 Å². The van der Waals surface area contributed by atoms with Crippen molar-refractivity contribution in [2.24, 2.45) is 0 Å². The normalized spacial score (nSPS) is 16.1. The zero-order valence-corrected chi connectivity index (χ0v) is 11.7. The fourth-order valence-electron chi connectivity index (χ4n) is 2.37. The van der Waals surface area contributed by atoms with Gasteiger partial charge in [-0.25, -0.2) is 0 Å². The first-order valence-corrected chi connectivity index (χ1v) is 6.92. The van der Waals surface area contributed by atoms with Crippen molar-refractivity contribution in [3.8, 4) is 0 Å². The molecule has 1 N–H and O–H groups in total. The molecular formula is C15H20N2O3. The zero-order chi connectivity index (χ0) is 14.5. The number of rotatable bonds is 4. The fraction of sp³-hybridized carbons (Fsp3) is 0.467. The predicted octanol–water partition coefficient (Wildman–Crippen LogP) is 1.09. The van der Waals surface area contributed by atoms with Crippen LogP contribution in [0.1, 0.15) is 22.8 Å². The first-order chi connectivity index (χ1) is 9.60. The van der Waals surface area contributed by atoms with Gasteiger partial charge in [-0.05, 0) is 24.1 Å². The zero-order valence-electron chi connectivity index (χ0n) is 11.7. The van der Waals surface area contributed by atoms with Gasteiger partial charge in [0, 0.05) is 31.7 Å². The Hall–Kier alpha value is -1.88. The summed E-state index contributed by atoms with van der Waals surface area (Å²) in [7, 11) is 0. The van der Waals surface area contributed by atoms with Gasteiger partial charge in [-0.1, -0.05) is 19.1 Å². The van der Waals surface area contributed by atoms with Crippen LogP contribution in [0.2, 0.25) is 0 Å². The molecule has 5 nitrogen and oxygen atoms in total. The molecule has 0 spiro atoms.